The molecule has 1 atom stereocenters. The Kier molecular flexibility index (Phi) is 5.32. The fourth-order valence-electron chi connectivity index (χ4n) is 4.53. The molecule has 2 amide bonds. The number of carbonyl (C=O) groups excluding carboxylic acids is 2. The van der Waals surface area contributed by atoms with Gasteiger partial charge in [0.25, 0.3) is 5.91 Å². The van der Waals surface area contributed by atoms with Gasteiger partial charge in [-0.2, -0.15) is 5.10 Å². The lowest BCUT2D eigenvalue weighted by Gasteiger charge is -2.43. The van der Waals surface area contributed by atoms with Crippen molar-refractivity contribution in [1.29, 1.82) is 0 Å². The monoisotopic (exact) mass is 454 g/mol. The van der Waals surface area contributed by atoms with Crippen LogP contribution in [0, 0.1) is 13.8 Å². The average molecular weight is 455 g/mol. The van der Waals surface area contributed by atoms with Crippen molar-refractivity contribution < 1.29 is 14.0 Å². The SMILES string of the molecule is Cc1ccc(N2C(=O)c3cc(-c4ccco4)nn3CC2(C)C(=O)NCc2ccccc2)c(C)c1. The lowest BCUT2D eigenvalue weighted by atomic mass is 9.92. The molecule has 0 saturated carbocycles. The summed E-state index contributed by atoms with van der Waals surface area (Å²) < 4.78 is 7.10. The van der Waals surface area contributed by atoms with Crippen LogP contribution < -0.4 is 10.2 Å². The van der Waals surface area contributed by atoms with E-state index in [2.05, 4.69) is 10.4 Å². The van der Waals surface area contributed by atoms with E-state index >= 15 is 0 Å². The number of nitrogens with one attached hydrogen (secondary N) is 1. The summed E-state index contributed by atoms with van der Waals surface area (Å²) in [7, 11) is 0. The summed E-state index contributed by atoms with van der Waals surface area (Å²) in [6.45, 7) is 6.33. The number of amides is 2. The molecule has 1 aliphatic rings. The number of aryl methyl sites for hydroxylation is 2. The Bertz CT molecular complexity index is 1360. The third kappa shape index (κ3) is 3.69. The maximum absolute atomic E-state index is 13.9. The van der Waals surface area contributed by atoms with E-state index in [1.165, 1.54) is 0 Å². The van der Waals surface area contributed by atoms with Crippen molar-refractivity contribution in [1.82, 2.24) is 15.1 Å². The molecule has 4 aromatic rings. The third-order valence-electron chi connectivity index (χ3n) is 6.31. The van der Waals surface area contributed by atoms with E-state index in [4.69, 9.17) is 4.42 Å². The normalized spacial score (nSPS) is 17.5. The molecule has 34 heavy (non-hydrogen) atoms. The van der Waals surface area contributed by atoms with Crippen LogP contribution >= 0.6 is 0 Å². The molecule has 3 heterocycles. The molecule has 1 aliphatic heterocycles. The highest BCUT2D eigenvalue weighted by Gasteiger charge is 2.49. The zero-order valence-corrected chi connectivity index (χ0v) is 19.4. The molecular formula is C27H26N4O3. The molecule has 5 rings (SSSR count). The van der Waals surface area contributed by atoms with Gasteiger partial charge in [0.2, 0.25) is 5.91 Å². The van der Waals surface area contributed by atoms with Crippen LogP contribution in [0.25, 0.3) is 11.5 Å². The average Bonchev–Trinajstić information content (AvgIpc) is 3.49. The molecule has 2 aromatic carbocycles. The minimum absolute atomic E-state index is 0.211. The van der Waals surface area contributed by atoms with E-state index < -0.39 is 5.54 Å². The Balaban J connectivity index is 1.57. The summed E-state index contributed by atoms with van der Waals surface area (Å²) in [6, 6.07) is 20.9. The van der Waals surface area contributed by atoms with Gasteiger partial charge in [0.1, 0.15) is 16.9 Å². The maximum atomic E-state index is 13.9. The van der Waals surface area contributed by atoms with E-state index in [0.717, 1.165) is 16.7 Å². The van der Waals surface area contributed by atoms with Gasteiger partial charge < -0.3 is 9.73 Å². The van der Waals surface area contributed by atoms with Gasteiger partial charge >= 0.3 is 0 Å². The van der Waals surface area contributed by atoms with Gasteiger partial charge in [0, 0.05) is 18.3 Å². The summed E-state index contributed by atoms with van der Waals surface area (Å²) in [4.78, 5) is 29.2. The van der Waals surface area contributed by atoms with E-state index in [0.29, 0.717) is 29.4 Å². The number of fused-ring (bicyclic) bond motifs is 1. The standard InChI is InChI=1S/C27H26N4O3/c1-18-11-12-22(19(2)14-18)31-25(32)23-15-21(24-10-7-13-34-24)29-30(23)17-27(31,3)26(33)28-16-20-8-5-4-6-9-20/h4-15H,16-17H2,1-3H3,(H,28,33). The van der Waals surface area contributed by atoms with Crippen molar-refractivity contribution in [3.8, 4) is 11.5 Å². The number of furan rings is 1. The highest BCUT2D eigenvalue weighted by atomic mass is 16.3. The number of nitrogens with zero attached hydrogens (tertiary/aromatic N) is 3. The number of aromatic nitrogens is 2. The molecular weight excluding hydrogens is 428 g/mol. The molecule has 0 spiro atoms. The van der Waals surface area contributed by atoms with Crippen LogP contribution in [0.15, 0.2) is 77.4 Å². The maximum Gasteiger partial charge on any atom is 0.277 e. The summed E-state index contributed by atoms with van der Waals surface area (Å²) in [5.74, 6) is 0.0502. The molecule has 7 nitrogen and oxygen atoms in total. The van der Waals surface area contributed by atoms with Crippen LogP contribution in [-0.2, 0) is 17.9 Å². The topological polar surface area (TPSA) is 80.4 Å². The van der Waals surface area contributed by atoms with Crippen molar-refractivity contribution in [3.05, 3.63) is 95.4 Å². The molecule has 172 valence electrons. The van der Waals surface area contributed by atoms with Gasteiger partial charge in [-0.1, -0.05) is 48.0 Å². The van der Waals surface area contributed by atoms with Crippen LogP contribution in [0.5, 0.6) is 0 Å². The van der Waals surface area contributed by atoms with Gasteiger partial charge in [-0.25, -0.2) is 0 Å². The highest BCUT2D eigenvalue weighted by molar-refractivity contribution is 6.12. The first-order valence-electron chi connectivity index (χ1n) is 11.2. The largest absolute Gasteiger partial charge is 0.463 e. The van der Waals surface area contributed by atoms with Crippen molar-refractivity contribution >= 4 is 17.5 Å². The number of carbonyl (C=O) groups is 2. The first kappa shape index (κ1) is 21.7. The second-order valence-corrected chi connectivity index (χ2v) is 8.92. The lowest BCUT2D eigenvalue weighted by Crippen LogP contribution is -2.64. The van der Waals surface area contributed by atoms with Gasteiger partial charge in [-0.3, -0.25) is 19.2 Å². The summed E-state index contributed by atoms with van der Waals surface area (Å²) in [5, 5.41) is 7.63. The first-order chi connectivity index (χ1) is 16.4. The molecule has 0 fully saturated rings. The van der Waals surface area contributed by atoms with Gasteiger partial charge in [0.15, 0.2) is 5.76 Å². The molecule has 0 bridgehead atoms. The molecule has 0 aliphatic carbocycles. The predicted molar refractivity (Wildman–Crippen MR) is 129 cm³/mol. The molecule has 0 radical (unpaired) electrons. The molecule has 2 aromatic heterocycles. The minimum atomic E-state index is -1.19. The Morgan fingerprint density at radius 2 is 1.88 bits per heavy atom. The van der Waals surface area contributed by atoms with Gasteiger partial charge in [-0.05, 0) is 50.1 Å². The Labute approximate surface area is 198 Å². The van der Waals surface area contributed by atoms with Gasteiger partial charge in [-0.15, -0.1) is 0 Å². The van der Waals surface area contributed by atoms with E-state index in [1.807, 2.05) is 62.4 Å². The first-order valence-corrected chi connectivity index (χ1v) is 11.2. The number of hydrogen-bond acceptors (Lipinski definition) is 4. The van der Waals surface area contributed by atoms with Crippen LogP contribution in [-0.4, -0.2) is 27.1 Å². The Morgan fingerprint density at radius 3 is 2.59 bits per heavy atom. The second-order valence-electron chi connectivity index (χ2n) is 8.92. The molecule has 0 saturated heterocycles. The van der Waals surface area contributed by atoms with Gasteiger partial charge in [0.05, 0.1) is 12.8 Å². The van der Waals surface area contributed by atoms with Crippen molar-refractivity contribution in [2.75, 3.05) is 4.90 Å². The number of anilines is 1. The smallest absolute Gasteiger partial charge is 0.277 e. The fraction of sp³-hybridized carbons (Fsp3) is 0.222. The van der Waals surface area contributed by atoms with E-state index in [1.54, 1.807) is 41.0 Å². The van der Waals surface area contributed by atoms with Crippen LogP contribution in [0.2, 0.25) is 0 Å². The summed E-state index contributed by atoms with van der Waals surface area (Å²) in [6.07, 6.45) is 1.57. The molecule has 1 unspecified atom stereocenters. The summed E-state index contributed by atoms with van der Waals surface area (Å²) >= 11 is 0. The highest BCUT2D eigenvalue weighted by Crippen LogP contribution is 2.36. The quantitative estimate of drug-likeness (QED) is 0.482. The fourth-order valence-corrected chi connectivity index (χ4v) is 4.53. The van der Waals surface area contributed by atoms with Crippen molar-refractivity contribution in [3.63, 3.8) is 0 Å². The van der Waals surface area contributed by atoms with Crippen LogP contribution in [0.4, 0.5) is 5.69 Å². The Hall–Kier alpha value is -4.13. The zero-order chi connectivity index (χ0) is 23.9. The van der Waals surface area contributed by atoms with E-state index in [-0.39, 0.29) is 18.4 Å². The summed E-state index contributed by atoms with van der Waals surface area (Å²) in [5.41, 5.74) is 3.49. The van der Waals surface area contributed by atoms with Crippen molar-refractivity contribution in [2.45, 2.75) is 39.4 Å². The third-order valence-corrected chi connectivity index (χ3v) is 6.31. The van der Waals surface area contributed by atoms with E-state index in [9.17, 15) is 9.59 Å². The second kappa shape index (κ2) is 8.33. The number of benzene rings is 2. The number of hydrogen-bond donors (Lipinski definition) is 1. The molecule has 7 heteroatoms. The molecule has 1 N–H and O–H groups in total. The number of rotatable bonds is 5. The lowest BCUT2D eigenvalue weighted by molar-refractivity contribution is -0.126. The predicted octanol–water partition coefficient (Wildman–Crippen LogP) is 4.50. The van der Waals surface area contributed by atoms with Crippen molar-refractivity contribution in [2.24, 2.45) is 0 Å². The zero-order valence-electron chi connectivity index (χ0n) is 19.4. The van der Waals surface area contributed by atoms with Crippen LogP contribution in [0.3, 0.4) is 0 Å². The minimum Gasteiger partial charge on any atom is -0.463 e. The van der Waals surface area contributed by atoms with Crippen LogP contribution in [0.1, 0.15) is 34.1 Å². The Morgan fingerprint density at radius 1 is 1.09 bits per heavy atom.